The number of hydrogen-bond acceptors (Lipinski definition) is 7. The van der Waals surface area contributed by atoms with Gasteiger partial charge in [0.2, 0.25) is 5.95 Å². The molecule has 0 atom stereocenters. The molecule has 0 radical (unpaired) electrons. The molecule has 9 nitrogen and oxygen atoms in total. The van der Waals surface area contributed by atoms with E-state index in [2.05, 4.69) is 25.7 Å². The van der Waals surface area contributed by atoms with Gasteiger partial charge >= 0.3 is 0 Å². The van der Waals surface area contributed by atoms with Gasteiger partial charge in [-0.25, -0.2) is 5.43 Å². The summed E-state index contributed by atoms with van der Waals surface area (Å²) in [6, 6.07) is 5.96. The summed E-state index contributed by atoms with van der Waals surface area (Å²) in [4.78, 5) is 23.8. The van der Waals surface area contributed by atoms with Crippen molar-refractivity contribution in [3.8, 4) is 0 Å². The molecule has 1 heterocycles. The van der Waals surface area contributed by atoms with Gasteiger partial charge in [-0.3, -0.25) is 19.9 Å². The van der Waals surface area contributed by atoms with Crippen LogP contribution >= 0.6 is 0 Å². The number of nitrogens with one attached hydrogen (secondary N) is 2. The predicted octanol–water partition coefficient (Wildman–Crippen LogP) is 0.828. The van der Waals surface area contributed by atoms with Crippen molar-refractivity contribution in [2.24, 2.45) is 5.10 Å². The van der Waals surface area contributed by atoms with Crippen LogP contribution in [-0.2, 0) is 0 Å². The van der Waals surface area contributed by atoms with E-state index < -0.39 is 4.92 Å². The van der Waals surface area contributed by atoms with Crippen molar-refractivity contribution in [1.82, 2.24) is 15.2 Å². The second-order valence-electron chi connectivity index (χ2n) is 3.81. The largest absolute Gasteiger partial charge is 0.288 e. The van der Waals surface area contributed by atoms with Crippen molar-refractivity contribution >= 4 is 17.9 Å². The van der Waals surface area contributed by atoms with Gasteiger partial charge in [0, 0.05) is 17.7 Å². The first-order chi connectivity index (χ1) is 9.56. The minimum atomic E-state index is -0.492. The number of H-pyrrole nitrogens is 1. The summed E-state index contributed by atoms with van der Waals surface area (Å²) in [5.41, 5.74) is 2.87. The molecule has 1 aromatic carbocycles. The van der Waals surface area contributed by atoms with Crippen molar-refractivity contribution in [2.75, 3.05) is 5.43 Å². The van der Waals surface area contributed by atoms with E-state index >= 15 is 0 Å². The number of nitro benzene ring substituents is 1. The molecule has 0 unspecified atom stereocenters. The zero-order valence-electron chi connectivity index (χ0n) is 10.4. The van der Waals surface area contributed by atoms with Crippen LogP contribution in [0.2, 0.25) is 0 Å². The van der Waals surface area contributed by atoms with Gasteiger partial charge in [0.05, 0.1) is 11.1 Å². The molecular weight excluding hydrogens is 264 g/mol. The Morgan fingerprint density at radius 2 is 2.25 bits per heavy atom. The second-order valence-corrected chi connectivity index (χ2v) is 3.81. The highest BCUT2D eigenvalue weighted by molar-refractivity contribution is 5.81. The maximum absolute atomic E-state index is 11.3. The summed E-state index contributed by atoms with van der Waals surface area (Å²) in [5, 5.41) is 21.7. The van der Waals surface area contributed by atoms with Gasteiger partial charge in [-0.05, 0) is 6.92 Å². The van der Waals surface area contributed by atoms with Crippen LogP contribution in [0.1, 0.15) is 11.3 Å². The first-order valence-electron chi connectivity index (χ1n) is 5.53. The van der Waals surface area contributed by atoms with Crippen LogP contribution < -0.4 is 11.0 Å². The fraction of sp³-hybridized carbons (Fsp3) is 0.0909. The van der Waals surface area contributed by atoms with E-state index in [1.165, 1.54) is 25.3 Å². The number of aryl methyl sites for hydroxylation is 1. The number of hydrogen-bond donors (Lipinski definition) is 2. The Bertz CT molecular complexity index is 724. The molecule has 2 aromatic rings. The molecule has 0 aliphatic carbocycles. The molecule has 0 amide bonds. The maximum Gasteiger partial charge on any atom is 0.274 e. The standard InChI is InChI=1S/C11H10N6O3/c1-7-10(18)13-11(16-14-7)15-12-6-8-3-2-4-9(5-8)17(19)20/h2-6H,1H3,(H2,13,15,16,18)/b12-6+. The average Bonchev–Trinajstić information content (AvgIpc) is 2.43. The molecule has 0 aliphatic rings. The van der Waals surface area contributed by atoms with Crippen LogP contribution in [0.4, 0.5) is 11.6 Å². The highest BCUT2D eigenvalue weighted by Crippen LogP contribution is 2.11. The Hall–Kier alpha value is -3.10. The summed E-state index contributed by atoms with van der Waals surface area (Å²) >= 11 is 0. The topological polar surface area (TPSA) is 126 Å². The summed E-state index contributed by atoms with van der Waals surface area (Å²) in [7, 11) is 0. The molecule has 0 fully saturated rings. The number of aromatic nitrogens is 3. The lowest BCUT2D eigenvalue weighted by molar-refractivity contribution is -0.384. The van der Waals surface area contributed by atoms with Gasteiger partial charge in [-0.1, -0.05) is 12.1 Å². The number of hydrazone groups is 1. The van der Waals surface area contributed by atoms with Gasteiger partial charge < -0.3 is 0 Å². The summed E-state index contributed by atoms with van der Waals surface area (Å²) in [5.74, 6) is 0.0854. The minimum absolute atomic E-state index is 0.0301. The number of nitro groups is 1. The molecule has 2 N–H and O–H groups in total. The Morgan fingerprint density at radius 1 is 1.45 bits per heavy atom. The van der Waals surface area contributed by atoms with E-state index in [0.29, 0.717) is 5.56 Å². The Morgan fingerprint density at radius 3 is 2.95 bits per heavy atom. The van der Waals surface area contributed by atoms with Crippen LogP contribution in [0.3, 0.4) is 0 Å². The molecule has 9 heteroatoms. The van der Waals surface area contributed by atoms with Crippen molar-refractivity contribution in [2.45, 2.75) is 6.92 Å². The second kappa shape index (κ2) is 5.69. The number of benzene rings is 1. The number of nitrogens with zero attached hydrogens (tertiary/aromatic N) is 4. The molecule has 20 heavy (non-hydrogen) atoms. The molecule has 0 saturated carbocycles. The average molecular weight is 274 g/mol. The van der Waals surface area contributed by atoms with E-state index in [-0.39, 0.29) is 22.9 Å². The molecule has 0 spiro atoms. The molecular formula is C11H10N6O3. The third-order valence-electron chi connectivity index (χ3n) is 2.33. The van der Waals surface area contributed by atoms with Crippen LogP contribution in [-0.4, -0.2) is 26.3 Å². The maximum atomic E-state index is 11.3. The van der Waals surface area contributed by atoms with Crippen molar-refractivity contribution in [3.05, 3.63) is 56.0 Å². The van der Waals surface area contributed by atoms with E-state index in [1.54, 1.807) is 12.1 Å². The summed E-state index contributed by atoms with van der Waals surface area (Å²) in [6.07, 6.45) is 1.37. The van der Waals surface area contributed by atoms with E-state index in [1.807, 2.05) is 0 Å². The van der Waals surface area contributed by atoms with Gasteiger partial charge in [0.15, 0.2) is 0 Å². The zero-order valence-corrected chi connectivity index (χ0v) is 10.4. The van der Waals surface area contributed by atoms with Crippen LogP contribution in [0, 0.1) is 17.0 Å². The molecule has 1 aromatic heterocycles. The SMILES string of the molecule is Cc1nnc(N/N=C/c2cccc([N+](=O)[O-])c2)[nH]c1=O. The van der Waals surface area contributed by atoms with Crippen LogP contribution in [0.25, 0.3) is 0 Å². The first kappa shape index (κ1) is 13.3. The van der Waals surface area contributed by atoms with Crippen molar-refractivity contribution < 1.29 is 4.92 Å². The summed E-state index contributed by atoms with van der Waals surface area (Å²) in [6.45, 7) is 1.53. The molecule has 0 aliphatic heterocycles. The zero-order chi connectivity index (χ0) is 14.5. The van der Waals surface area contributed by atoms with Crippen molar-refractivity contribution in [3.63, 3.8) is 0 Å². The van der Waals surface area contributed by atoms with E-state index in [4.69, 9.17) is 0 Å². The first-order valence-corrected chi connectivity index (χ1v) is 5.53. The van der Waals surface area contributed by atoms with Crippen LogP contribution in [0.15, 0.2) is 34.2 Å². The monoisotopic (exact) mass is 274 g/mol. The number of non-ortho nitro benzene ring substituents is 1. The highest BCUT2D eigenvalue weighted by atomic mass is 16.6. The van der Waals surface area contributed by atoms with Gasteiger partial charge in [-0.15, -0.1) is 10.2 Å². The lowest BCUT2D eigenvalue weighted by Gasteiger charge is -1.98. The Balaban J connectivity index is 2.10. The van der Waals surface area contributed by atoms with Crippen molar-refractivity contribution in [1.29, 1.82) is 0 Å². The third-order valence-corrected chi connectivity index (χ3v) is 2.33. The number of aromatic amines is 1. The normalized spacial score (nSPS) is 10.7. The molecule has 102 valence electrons. The number of anilines is 1. The van der Waals surface area contributed by atoms with Gasteiger partial charge in [0.1, 0.15) is 5.69 Å². The predicted molar refractivity (Wildman–Crippen MR) is 71.7 cm³/mol. The fourth-order valence-corrected chi connectivity index (χ4v) is 1.33. The number of rotatable bonds is 4. The molecule has 0 saturated heterocycles. The van der Waals surface area contributed by atoms with Gasteiger partial charge in [0.25, 0.3) is 11.2 Å². The molecule has 0 bridgehead atoms. The van der Waals surface area contributed by atoms with E-state index in [0.717, 1.165) is 0 Å². The quantitative estimate of drug-likeness (QED) is 0.483. The third kappa shape index (κ3) is 3.22. The van der Waals surface area contributed by atoms with Crippen LogP contribution in [0.5, 0.6) is 0 Å². The smallest absolute Gasteiger partial charge is 0.274 e. The lowest BCUT2D eigenvalue weighted by Crippen LogP contribution is -2.15. The minimum Gasteiger partial charge on any atom is -0.288 e. The van der Waals surface area contributed by atoms with E-state index in [9.17, 15) is 14.9 Å². The fourth-order valence-electron chi connectivity index (χ4n) is 1.33. The van der Waals surface area contributed by atoms with Gasteiger partial charge in [-0.2, -0.15) is 5.10 Å². The Kier molecular flexibility index (Phi) is 3.80. The molecule has 2 rings (SSSR count). The summed E-state index contributed by atoms with van der Waals surface area (Å²) < 4.78 is 0. The lowest BCUT2D eigenvalue weighted by atomic mass is 10.2. The Labute approximate surface area is 112 Å². The highest BCUT2D eigenvalue weighted by Gasteiger charge is 2.04.